The number of aromatic nitrogens is 1. The second-order valence-corrected chi connectivity index (χ2v) is 8.70. The molecular formula is C20H19N3O6S. The fourth-order valence-corrected chi connectivity index (χ4v) is 4.53. The van der Waals surface area contributed by atoms with Crippen LogP contribution in [0.2, 0.25) is 0 Å². The number of anilines is 1. The van der Waals surface area contributed by atoms with E-state index >= 15 is 0 Å². The summed E-state index contributed by atoms with van der Waals surface area (Å²) in [6.07, 6.45) is 0.938. The van der Waals surface area contributed by atoms with Crippen molar-refractivity contribution in [2.75, 3.05) is 5.32 Å². The minimum Gasteiger partial charge on any atom is -0.480 e. The Hall–Kier alpha value is -3.37. The van der Waals surface area contributed by atoms with Gasteiger partial charge in [0, 0.05) is 23.5 Å². The van der Waals surface area contributed by atoms with Gasteiger partial charge < -0.3 is 20.1 Å². The number of fused-ring (bicyclic) bond motifs is 2. The normalized spacial score (nSPS) is 17.1. The summed E-state index contributed by atoms with van der Waals surface area (Å²) in [5.41, 5.74) is 1.73. The Morgan fingerprint density at radius 1 is 1.27 bits per heavy atom. The Labute approximate surface area is 172 Å². The number of hydrogen-bond donors (Lipinski definition) is 4. The van der Waals surface area contributed by atoms with Gasteiger partial charge in [0.15, 0.2) is 6.10 Å². The third kappa shape index (κ3) is 3.74. The van der Waals surface area contributed by atoms with Crippen molar-refractivity contribution in [1.82, 2.24) is 9.71 Å². The minimum atomic E-state index is -4.17. The molecule has 10 heteroatoms. The van der Waals surface area contributed by atoms with E-state index in [-0.39, 0.29) is 17.0 Å². The van der Waals surface area contributed by atoms with E-state index in [1.54, 1.807) is 13.1 Å². The van der Waals surface area contributed by atoms with Gasteiger partial charge in [-0.05, 0) is 36.8 Å². The van der Waals surface area contributed by atoms with E-state index in [1.165, 1.54) is 18.2 Å². The lowest BCUT2D eigenvalue weighted by Gasteiger charge is -2.24. The molecule has 4 rings (SSSR count). The molecule has 0 saturated heterocycles. The van der Waals surface area contributed by atoms with Crippen LogP contribution in [-0.2, 0) is 26.0 Å². The molecule has 0 saturated carbocycles. The standard InChI is InChI=1S/C20H19N3O6S/c1-11-19(24)22-16-9-13(6-7-18(16)29-11)30(27,28)23-17(20(25)26)8-12-10-21-15-5-3-2-4-14(12)15/h2-7,9-11,17,21,23H,8H2,1H3,(H,22,24)(H,25,26). The number of carboxylic acids is 1. The number of para-hydroxylation sites is 1. The quantitative estimate of drug-likeness (QED) is 0.472. The number of aliphatic carboxylic acids is 1. The maximum atomic E-state index is 12.8. The van der Waals surface area contributed by atoms with Crippen molar-refractivity contribution < 1.29 is 27.9 Å². The summed E-state index contributed by atoms with van der Waals surface area (Å²) in [5.74, 6) is -1.35. The third-order valence-corrected chi connectivity index (χ3v) is 6.36. The smallest absolute Gasteiger partial charge is 0.322 e. The number of benzene rings is 2. The summed E-state index contributed by atoms with van der Waals surface area (Å²) in [6, 6.07) is 9.95. The molecule has 0 radical (unpaired) electrons. The van der Waals surface area contributed by atoms with Crippen LogP contribution in [0.4, 0.5) is 5.69 Å². The molecule has 1 aliphatic heterocycles. The summed E-state index contributed by atoms with van der Waals surface area (Å²) in [7, 11) is -4.17. The number of carbonyl (C=O) groups is 2. The van der Waals surface area contributed by atoms with E-state index in [9.17, 15) is 23.1 Å². The summed E-state index contributed by atoms with van der Waals surface area (Å²) in [5, 5.41) is 13.0. The number of aromatic amines is 1. The Bertz CT molecular complexity index is 1250. The number of sulfonamides is 1. The van der Waals surface area contributed by atoms with Crippen molar-refractivity contribution in [2.45, 2.75) is 30.4 Å². The van der Waals surface area contributed by atoms with Crippen LogP contribution in [0.15, 0.2) is 53.6 Å². The molecule has 9 nitrogen and oxygen atoms in total. The zero-order valence-electron chi connectivity index (χ0n) is 15.9. The molecule has 0 aliphatic carbocycles. The van der Waals surface area contributed by atoms with Crippen molar-refractivity contribution in [2.24, 2.45) is 0 Å². The molecule has 1 amide bonds. The van der Waals surface area contributed by atoms with Gasteiger partial charge in [0.05, 0.1) is 10.6 Å². The zero-order valence-corrected chi connectivity index (χ0v) is 16.7. The summed E-state index contributed by atoms with van der Waals surface area (Å²) in [6.45, 7) is 1.58. The predicted molar refractivity (Wildman–Crippen MR) is 109 cm³/mol. The number of ether oxygens (including phenoxy) is 1. The van der Waals surface area contributed by atoms with Crippen molar-refractivity contribution in [3.05, 3.63) is 54.2 Å². The summed E-state index contributed by atoms with van der Waals surface area (Å²) < 4.78 is 33.3. The van der Waals surface area contributed by atoms with Gasteiger partial charge in [-0.3, -0.25) is 9.59 Å². The molecule has 1 aliphatic rings. The fourth-order valence-electron chi connectivity index (χ4n) is 3.31. The average Bonchev–Trinajstić information content (AvgIpc) is 3.11. The molecule has 3 aromatic rings. The molecule has 0 spiro atoms. The summed E-state index contributed by atoms with van der Waals surface area (Å²) in [4.78, 5) is 26.4. The zero-order chi connectivity index (χ0) is 21.5. The maximum absolute atomic E-state index is 12.8. The molecular weight excluding hydrogens is 410 g/mol. The molecule has 2 heterocycles. The van der Waals surface area contributed by atoms with Crippen LogP contribution >= 0.6 is 0 Å². The molecule has 1 aromatic heterocycles. The lowest BCUT2D eigenvalue weighted by Crippen LogP contribution is -2.42. The first-order chi connectivity index (χ1) is 14.2. The van der Waals surface area contributed by atoms with Crippen LogP contribution < -0.4 is 14.8 Å². The van der Waals surface area contributed by atoms with Gasteiger partial charge in [0.25, 0.3) is 5.91 Å². The lowest BCUT2D eigenvalue weighted by molar-refractivity contribution is -0.138. The Morgan fingerprint density at radius 3 is 2.80 bits per heavy atom. The van der Waals surface area contributed by atoms with Gasteiger partial charge in [-0.15, -0.1) is 0 Å². The molecule has 0 fully saturated rings. The largest absolute Gasteiger partial charge is 0.480 e. The van der Waals surface area contributed by atoms with Gasteiger partial charge in [0.1, 0.15) is 11.8 Å². The van der Waals surface area contributed by atoms with Gasteiger partial charge in [-0.25, -0.2) is 8.42 Å². The van der Waals surface area contributed by atoms with E-state index in [0.29, 0.717) is 11.3 Å². The Kier molecular flexibility index (Phi) is 4.96. The van der Waals surface area contributed by atoms with Gasteiger partial charge in [0.2, 0.25) is 10.0 Å². The number of nitrogens with one attached hydrogen (secondary N) is 3. The van der Waals surface area contributed by atoms with Crippen LogP contribution in [-0.4, -0.2) is 42.5 Å². The summed E-state index contributed by atoms with van der Waals surface area (Å²) >= 11 is 0. The van der Waals surface area contributed by atoms with E-state index < -0.39 is 34.0 Å². The highest BCUT2D eigenvalue weighted by Gasteiger charge is 2.29. The fraction of sp³-hybridized carbons (Fsp3) is 0.200. The maximum Gasteiger partial charge on any atom is 0.322 e. The number of amides is 1. The average molecular weight is 429 g/mol. The molecule has 4 N–H and O–H groups in total. The highest BCUT2D eigenvalue weighted by Crippen LogP contribution is 2.32. The molecule has 0 bridgehead atoms. The highest BCUT2D eigenvalue weighted by molar-refractivity contribution is 7.89. The van der Waals surface area contributed by atoms with Crippen molar-refractivity contribution in [3.8, 4) is 5.75 Å². The van der Waals surface area contributed by atoms with Crippen LogP contribution in [0.1, 0.15) is 12.5 Å². The minimum absolute atomic E-state index is 0.0408. The molecule has 2 aromatic carbocycles. The van der Waals surface area contributed by atoms with Gasteiger partial charge in [-0.2, -0.15) is 4.72 Å². The van der Waals surface area contributed by atoms with Crippen molar-refractivity contribution in [1.29, 1.82) is 0 Å². The molecule has 30 heavy (non-hydrogen) atoms. The van der Waals surface area contributed by atoms with E-state index in [0.717, 1.165) is 10.9 Å². The third-order valence-electron chi connectivity index (χ3n) is 4.89. The number of rotatable bonds is 6. The van der Waals surface area contributed by atoms with E-state index in [1.807, 2.05) is 24.3 Å². The Balaban J connectivity index is 1.60. The van der Waals surface area contributed by atoms with Crippen LogP contribution in [0.3, 0.4) is 0 Å². The van der Waals surface area contributed by atoms with E-state index in [2.05, 4.69) is 15.0 Å². The second-order valence-electron chi connectivity index (χ2n) is 6.98. The second kappa shape index (κ2) is 7.47. The topological polar surface area (TPSA) is 138 Å². The number of carboxylic acid groups (broad SMARTS) is 1. The van der Waals surface area contributed by atoms with E-state index in [4.69, 9.17) is 4.74 Å². The molecule has 2 unspecified atom stereocenters. The SMILES string of the molecule is CC1Oc2ccc(S(=O)(=O)NC(Cc3c[nH]c4ccccc34)C(=O)O)cc2NC1=O. The number of H-pyrrole nitrogens is 1. The van der Waals surface area contributed by atoms with Crippen molar-refractivity contribution >= 4 is 38.5 Å². The van der Waals surface area contributed by atoms with Crippen LogP contribution in [0.5, 0.6) is 5.75 Å². The van der Waals surface area contributed by atoms with Gasteiger partial charge >= 0.3 is 5.97 Å². The van der Waals surface area contributed by atoms with Crippen molar-refractivity contribution in [3.63, 3.8) is 0 Å². The molecule has 156 valence electrons. The first-order valence-corrected chi connectivity index (χ1v) is 10.6. The highest BCUT2D eigenvalue weighted by atomic mass is 32.2. The Morgan fingerprint density at radius 2 is 2.03 bits per heavy atom. The monoisotopic (exact) mass is 429 g/mol. The lowest BCUT2D eigenvalue weighted by atomic mass is 10.1. The number of hydrogen-bond acceptors (Lipinski definition) is 5. The van der Waals surface area contributed by atoms with Gasteiger partial charge in [-0.1, -0.05) is 18.2 Å². The molecule has 2 atom stereocenters. The first kappa shape index (κ1) is 19.9. The number of carbonyl (C=O) groups excluding carboxylic acids is 1. The first-order valence-electron chi connectivity index (χ1n) is 9.16. The van der Waals surface area contributed by atoms with Crippen LogP contribution in [0.25, 0.3) is 10.9 Å². The predicted octanol–water partition coefficient (Wildman–Crippen LogP) is 1.86. The van der Waals surface area contributed by atoms with Crippen LogP contribution in [0, 0.1) is 0 Å².